The second kappa shape index (κ2) is 10.9. The van der Waals surface area contributed by atoms with Gasteiger partial charge >= 0.3 is 0 Å². The number of carbonyl (C=O) groups excluding carboxylic acids is 1. The third-order valence-corrected chi connectivity index (χ3v) is 7.39. The number of aryl methyl sites for hydroxylation is 1. The molecule has 0 unspecified atom stereocenters. The van der Waals surface area contributed by atoms with E-state index >= 15 is 0 Å². The van der Waals surface area contributed by atoms with Crippen LogP contribution in [0.1, 0.15) is 40.2 Å². The van der Waals surface area contributed by atoms with E-state index < -0.39 is 11.3 Å². The molecule has 3 aromatic rings. The predicted molar refractivity (Wildman–Crippen MR) is 158 cm³/mol. The van der Waals surface area contributed by atoms with Crippen LogP contribution in [0.5, 0.6) is 17.2 Å². The Morgan fingerprint density at radius 1 is 1.05 bits per heavy atom. The molecule has 1 saturated heterocycles. The first-order valence-electron chi connectivity index (χ1n) is 13.6. The van der Waals surface area contributed by atoms with Crippen molar-refractivity contribution >= 4 is 17.3 Å². The van der Waals surface area contributed by atoms with Crippen molar-refractivity contribution in [3.05, 3.63) is 65.5 Å². The number of fused-ring (bicyclic) bond motifs is 1. The van der Waals surface area contributed by atoms with Crippen LogP contribution in [0.15, 0.2) is 48.5 Å². The number of hydrogen-bond donors (Lipinski definition) is 1. The van der Waals surface area contributed by atoms with Crippen molar-refractivity contribution in [3.8, 4) is 28.4 Å². The van der Waals surface area contributed by atoms with Crippen molar-refractivity contribution in [1.29, 1.82) is 0 Å². The fraction of sp³-hybridized carbons (Fsp3) is 0.406. The number of halogens is 1. The number of amides is 1. The van der Waals surface area contributed by atoms with Gasteiger partial charge in [-0.15, -0.1) is 0 Å². The lowest BCUT2D eigenvalue weighted by molar-refractivity contribution is -0.141. The Labute approximate surface area is 241 Å². The Morgan fingerprint density at radius 3 is 2.51 bits per heavy atom. The summed E-state index contributed by atoms with van der Waals surface area (Å²) in [5.74, 6) is 0.565. The van der Waals surface area contributed by atoms with Crippen molar-refractivity contribution < 1.29 is 34.3 Å². The largest absolute Gasteiger partial charge is 0.496 e. The van der Waals surface area contributed by atoms with Crippen LogP contribution in [0.25, 0.3) is 11.1 Å². The molecule has 0 radical (unpaired) electrons. The van der Waals surface area contributed by atoms with Crippen LogP contribution >= 0.6 is 0 Å². The van der Waals surface area contributed by atoms with Crippen molar-refractivity contribution in [2.24, 2.45) is 0 Å². The highest BCUT2D eigenvalue weighted by Gasteiger charge is 2.39. The van der Waals surface area contributed by atoms with Gasteiger partial charge in [-0.05, 0) is 70.0 Å². The zero-order chi connectivity index (χ0) is 29.5. The van der Waals surface area contributed by atoms with Crippen LogP contribution < -0.4 is 24.4 Å². The molecule has 5 rings (SSSR count). The normalized spacial score (nSPS) is 19.0. The van der Waals surface area contributed by atoms with E-state index in [9.17, 15) is 9.18 Å². The molecule has 8 nitrogen and oxygen atoms in total. The van der Waals surface area contributed by atoms with Crippen molar-refractivity contribution in [2.45, 2.75) is 58.7 Å². The average molecular weight is 567 g/mol. The third kappa shape index (κ3) is 5.83. The number of rotatable bonds is 8. The van der Waals surface area contributed by atoms with Crippen LogP contribution in [0.2, 0.25) is 0 Å². The molecule has 2 aliphatic heterocycles. The first-order chi connectivity index (χ1) is 19.4. The first-order valence-corrected chi connectivity index (χ1v) is 13.6. The van der Waals surface area contributed by atoms with Gasteiger partial charge in [0.05, 0.1) is 25.1 Å². The number of carbonyl (C=O) groups is 1. The van der Waals surface area contributed by atoms with Crippen LogP contribution in [-0.2, 0) is 20.9 Å². The summed E-state index contributed by atoms with van der Waals surface area (Å²) in [5.41, 5.74) is 3.90. The second-order valence-electron chi connectivity index (χ2n) is 11.4. The predicted octanol–water partition coefficient (Wildman–Crippen LogP) is 6.33. The van der Waals surface area contributed by atoms with E-state index in [0.717, 1.165) is 27.9 Å². The monoisotopic (exact) mass is 566 g/mol. The van der Waals surface area contributed by atoms with Gasteiger partial charge < -0.3 is 33.9 Å². The minimum absolute atomic E-state index is 0. The van der Waals surface area contributed by atoms with Gasteiger partial charge in [-0.1, -0.05) is 12.1 Å². The lowest BCUT2D eigenvalue weighted by Gasteiger charge is -2.39. The Morgan fingerprint density at radius 2 is 1.80 bits per heavy atom. The van der Waals surface area contributed by atoms with Crippen molar-refractivity contribution in [2.75, 3.05) is 37.6 Å². The fourth-order valence-corrected chi connectivity index (χ4v) is 5.33. The SMILES string of the molecule is COc1cc(OC[C@@H]2COC(C)(C)O2)ccc1-c1ccc2c(c1COc1cc(F)ccc1C)N(C)C(=O)C(C)(C)N2.[HH]. The Balaban J connectivity index is 0.00000405. The summed E-state index contributed by atoms with van der Waals surface area (Å²) in [4.78, 5) is 14.9. The molecule has 41 heavy (non-hydrogen) atoms. The van der Waals surface area contributed by atoms with Gasteiger partial charge in [-0.3, -0.25) is 4.79 Å². The average Bonchev–Trinajstić information content (AvgIpc) is 3.29. The molecule has 0 aliphatic carbocycles. The van der Waals surface area contributed by atoms with Gasteiger partial charge in [0.15, 0.2) is 5.79 Å². The molecule has 3 aromatic carbocycles. The van der Waals surface area contributed by atoms with Crippen LogP contribution in [0.3, 0.4) is 0 Å². The smallest absolute Gasteiger partial charge is 0.251 e. The molecular weight excluding hydrogens is 527 g/mol. The topological polar surface area (TPSA) is 78.5 Å². The number of ether oxygens (including phenoxy) is 5. The number of methoxy groups -OCH3 is 1. The minimum atomic E-state index is -0.777. The highest BCUT2D eigenvalue weighted by molar-refractivity contribution is 6.08. The van der Waals surface area contributed by atoms with E-state index in [2.05, 4.69) is 5.32 Å². The molecule has 0 bridgehead atoms. The van der Waals surface area contributed by atoms with Gasteiger partial charge in [0, 0.05) is 31.7 Å². The number of likely N-dealkylation sites (N-methyl/N-ethyl adjacent to an activating group) is 1. The number of benzene rings is 3. The van der Waals surface area contributed by atoms with Crippen LogP contribution in [0, 0.1) is 12.7 Å². The highest BCUT2D eigenvalue weighted by Crippen LogP contribution is 2.45. The van der Waals surface area contributed by atoms with Gasteiger partial charge in [0.1, 0.15) is 47.9 Å². The van der Waals surface area contributed by atoms with Gasteiger partial charge in [-0.2, -0.15) is 0 Å². The quantitative estimate of drug-likeness (QED) is 0.341. The zero-order valence-corrected chi connectivity index (χ0v) is 24.6. The summed E-state index contributed by atoms with van der Waals surface area (Å²) in [6.07, 6.45) is -0.170. The van der Waals surface area contributed by atoms with Crippen LogP contribution in [-0.4, -0.2) is 50.7 Å². The van der Waals surface area contributed by atoms with Gasteiger partial charge in [0.25, 0.3) is 5.91 Å². The van der Waals surface area contributed by atoms with E-state index in [0.29, 0.717) is 36.1 Å². The molecule has 2 heterocycles. The van der Waals surface area contributed by atoms with E-state index in [-0.39, 0.29) is 25.9 Å². The number of hydrogen-bond acceptors (Lipinski definition) is 7. The summed E-state index contributed by atoms with van der Waals surface area (Å²) in [6.45, 7) is 10.2. The van der Waals surface area contributed by atoms with Gasteiger partial charge in [-0.25, -0.2) is 4.39 Å². The molecule has 1 fully saturated rings. The summed E-state index contributed by atoms with van der Waals surface area (Å²) < 4.78 is 43.5. The van der Waals surface area contributed by atoms with E-state index in [1.54, 1.807) is 25.1 Å². The Bertz CT molecular complexity index is 1480. The third-order valence-electron chi connectivity index (χ3n) is 7.39. The molecule has 0 spiro atoms. The van der Waals surface area contributed by atoms with E-state index in [1.807, 2.05) is 65.0 Å². The maximum atomic E-state index is 14.0. The lowest BCUT2D eigenvalue weighted by atomic mass is 9.91. The summed E-state index contributed by atoms with van der Waals surface area (Å²) in [5, 5.41) is 3.36. The molecule has 2 aliphatic rings. The maximum Gasteiger partial charge on any atom is 0.251 e. The number of nitrogens with zero attached hydrogens (tertiary/aromatic N) is 1. The first kappa shape index (κ1) is 28.7. The van der Waals surface area contributed by atoms with Gasteiger partial charge in [0.2, 0.25) is 0 Å². The van der Waals surface area contributed by atoms with Crippen molar-refractivity contribution in [3.63, 3.8) is 0 Å². The second-order valence-corrected chi connectivity index (χ2v) is 11.4. The molecular formula is C32H39FN2O6. The molecule has 1 N–H and O–H groups in total. The molecule has 220 valence electrons. The Kier molecular flexibility index (Phi) is 7.61. The number of anilines is 2. The standard InChI is InChI=1S/C32H37FN2O6.H2/c1-19-8-9-20(33)14-27(19)39-18-25-23(12-13-26-29(25)35(6)30(36)31(2,3)34-26)24-11-10-21(15-28(24)37-7)38-16-22-17-40-32(4,5)41-22;/h8-15,22,34H,16-18H2,1-7H3;1H/t22-;/m1./s1. The lowest BCUT2D eigenvalue weighted by Crippen LogP contribution is -2.52. The number of nitrogens with one attached hydrogen (secondary N) is 1. The van der Waals surface area contributed by atoms with E-state index in [1.165, 1.54) is 12.1 Å². The van der Waals surface area contributed by atoms with E-state index in [4.69, 9.17) is 23.7 Å². The molecule has 9 heteroatoms. The molecule has 0 saturated carbocycles. The maximum absolute atomic E-state index is 14.0. The molecule has 0 aromatic heterocycles. The minimum Gasteiger partial charge on any atom is -0.496 e. The fourth-order valence-electron chi connectivity index (χ4n) is 5.33. The molecule has 1 amide bonds. The van der Waals surface area contributed by atoms with Crippen molar-refractivity contribution in [1.82, 2.24) is 0 Å². The highest BCUT2D eigenvalue weighted by atomic mass is 19.1. The molecule has 1 atom stereocenters. The summed E-state index contributed by atoms with van der Waals surface area (Å²) in [7, 11) is 3.36. The summed E-state index contributed by atoms with van der Waals surface area (Å²) in [6, 6.07) is 14.0. The Hall–Kier alpha value is -3.82. The summed E-state index contributed by atoms with van der Waals surface area (Å²) >= 11 is 0. The van der Waals surface area contributed by atoms with Crippen LogP contribution in [0.4, 0.5) is 15.8 Å². The zero-order valence-electron chi connectivity index (χ0n) is 24.6.